The maximum absolute atomic E-state index is 15.5. The van der Waals surface area contributed by atoms with E-state index in [1.54, 1.807) is 6.07 Å². The standard InChI is InChI=1S/C29H37FN2O3/c1-6-34-26-17(2)11-20(12-18(26)3)22-13-21-15-29(4,5)27(23(21)14-24(22)30)31-28(33)35-25-16-32-9-7-19(25)8-10-32/h11-14,19,25,27H,6-10,15-16H2,1-5H3,(H,31,33)/t25-,27-/m0/s1. The number of amides is 1. The molecule has 2 aromatic rings. The Balaban J connectivity index is 1.38. The molecule has 3 heterocycles. The minimum Gasteiger partial charge on any atom is -0.493 e. The van der Waals surface area contributed by atoms with Gasteiger partial charge in [0.05, 0.1) is 12.6 Å². The third-order valence-electron chi connectivity index (χ3n) is 8.14. The highest BCUT2D eigenvalue weighted by Crippen LogP contribution is 2.47. The highest BCUT2D eigenvalue weighted by molar-refractivity contribution is 5.72. The van der Waals surface area contributed by atoms with E-state index in [9.17, 15) is 4.79 Å². The van der Waals surface area contributed by atoms with Gasteiger partial charge in [0.15, 0.2) is 0 Å². The highest BCUT2D eigenvalue weighted by atomic mass is 19.1. The minimum atomic E-state index is -0.392. The molecule has 0 spiro atoms. The van der Waals surface area contributed by atoms with Crippen LogP contribution in [0.4, 0.5) is 9.18 Å². The van der Waals surface area contributed by atoms with Gasteiger partial charge in [0.1, 0.15) is 17.7 Å². The second kappa shape index (κ2) is 9.12. The monoisotopic (exact) mass is 480 g/mol. The summed E-state index contributed by atoms with van der Waals surface area (Å²) in [7, 11) is 0. The quantitative estimate of drug-likeness (QED) is 0.574. The predicted octanol–water partition coefficient (Wildman–Crippen LogP) is 5.95. The summed E-state index contributed by atoms with van der Waals surface area (Å²) in [4.78, 5) is 15.3. The first-order chi connectivity index (χ1) is 16.7. The Morgan fingerprint density at radius 3 is 2.43 bits per heavy atom. The molecule has 2 atom stereocenters. The second-order valence-corrected chi connectivity index (χ2v) is 11.2. The fourth-order valence-corrected chi connectivity index (χ4v) is 6.38. The van der Waals surface area contributed by atoms with Gasteiger partial charge in [-0.05, 0) is 117 Å². The minimum absolute atomic E-state index is 0.0493. The van der Waals surface area contributed by atoms with Gasteiger partial charge in [-0.3, -0.25) is 4.90 Å². The molecular formula is C29H37FN2O3. The summed E-state index contributed by atoms with van der Waals surface area (Å²) in [5.41, 5.74) is 5.11. The van der Waals surface area contributed by atoms with Crippen LogP contribution in [0.3, 0.4) is 0 Å². The number of fused-ring (bicyclic) bond motifs is 4. The number of aryl methyl sites for hydroxylation is 2. The number of ether oxygens (including phenoxy) is 2. The van der Waals surface area contributed by atoms with Crippen LogP contribution >= 0.6 is 0 Å². The average Bonchev–Trinajstić information content (AvgIpc) is 3.05. The van der Waals surface area contributed by atoms with Crippen molar-refractivity contribution in [2.24, 2.45) is 11.3 Å². The molecule has 5 nitrogen and oxygen atoms in total. The Kier molecular flexibility index (Phi) is 6.28. The molecule has 1 aliphatic carbocycles. The molecule has 1 amide bonds. The lowest BCUT2D eigenvalue weighted by Crippen LogP contribution is -2.53. The number of nitrogens with one attached hydrogen (secondary N) is 1. The molecule has 35 heavy (non-hydrogen) atoms. The molecule has 2 bridgehead atoms. The summed E-state index contributed by atoms with van der Waals surface area (Å²) < 4.78 is 27.1. The number of carbonyl (C=O) groups excluding carboxylic acids is 1. The maximum atomic E-state index is 15.5. The number of hydrogen-bond donors (Lipinski definition) is 1. The van der Waals surface area contributed by atoms with Gasteiger partial charge in [0.2, 0.25) is 0 Å². The molecular weight excluding hydrogens is 443 g/mol. The third kappa shape index (κ3) is 4.53. The van der Waals surface area contributed by atoms with Crippen LogP contribution in [0.2, 0.25) is 0 Å². The number of piperidine rings is 3. The van der Waals surface area contributed by atoms with Crippen molar-refractivity contribution in [3.8, 4) is 16.9 Å². The van der Waals surface area contributed by atoms with E-state index in [4.69, 9.17) is 9.47 Å². The van der Waals surface area contributed by atoms with E-state index in [2.05, 4.69) is 24.1 Å². The van der Waals surface area contributed by atoms with E-state index >= 15 is 4.39 Å². The van der Waals surface area contributed by atoms with Gasteiger partial charge in [0, 0.05) is 12.1 Å². The van der Waals surface area contributed by atoms with Crippen LogP contribution in [0, 0.1) is 31.0 Å². The summed E-state index contributed by atoms with van der Waals surface area (Å²) in [6.07, 6.45) is 2.50. The van der Waals surface area contributed by atoms with Crippen LogP contribution in [0.5, 0.6) is 5.75 Å². The maximum Gasteiger partial charge on any atom is 0.407 e. The molecule has 6 heteroatoms. The van der Waals surface area contributed by atoms with Gasteiger partial charge in [-0.2, -0.15) is 0 Å². The first kappa shape index (κ1) is 24.1. The van der Waals surface area contributed by atoms with Gasteiger partial charge >= 0.3 is 6.09 Å². The van der Waals surface area contributed by atoms with Crippen molar-refractivity contribution < 1.29 is 18.7 Å². The van der Waals surface area contributed by atoms with Crippen LogP contribution in [0.25, 0.3) is 11.1 Å². The first-order valence-corrected chi connectivity index (χ1v) is 12.9. The molecule has 0 aromatic heterocycles. The molecule has 0 saturated carbocycles. The van der Waals surface area contributed by atoms with Crippen molar-refractivity contribution in [3.63, 3.8) is 0 Å². The van der Waals surface area contributed by atoms with Crippen LogP contribution < -0.4 is 10.1 Å². The zero-order valence-electron chi connectivity index (χ0n) is 21.5. The van der Waals surface area contributed by atoms with Gasteiger partial charge in [0.25, 0.3) is 0 Å². The number of benzene rings is 2. The van der Waals surface area contributed by atoms with E-state index in [0.717, 1.165) is 72.5 Å². The van der Waals surface area contributed by atoms with Gasteiger partial charge in [-0.15, -0.1) is 0 Å². The lowest BCUT2D eigenvalue weighted by atomic mass is 9.85. The summed E-state index contributed by atoms with van der Waals surface area (Å²) in [5.74, 6) is 1.04. The van der Waals surface area contributed by atoms with Crippen LogP contribution in [0.1, 0.15) is 61.9 Å². The lowest BCUT2D eigenvalue weighted by Gasteiger charge is -2.44. The molecule has 3 fully saturated rings. The Labute approximate surface area is 208 Å². The smallest absolute Gasteiger partial charge is 0.407 e. The number of halogens is 1. The van der Waals surface area contributed by atoms with Crippen molar-refractivity contribution in [3.05, 3.63) is 52.3 Å². The number of rotatable bonds is 5. The van der Waals surface area contributed by atoms with Gasteiger partial charge in [-0.1, -0.05) is 13.8 Å². The molecule has 2 aromatic carbocycles. The number of nitrogens with zero attached hydrogens (tertiary/aromatic N) is 1. The molecule has 6 rings (SSSR count). The predicted molar refractivity (Wildman–Crippen MR) is 135 cm³/mol. The molecule has 0 radical (unpaired) electrons. The van der Waals surface area contributed by atoms with E-state index in [-0.39, 0.29) is 23.4 Å². The van der Waals surface area contributed by atoms with Crippen LogP contribution in [-0.2, 0) is 11.2 Å². The number of carbonyl (C=O) groups is 1. The average molecular weight is 481 g/mol. The Hall–Kier alpha value is -2.60. The fraction of sp³-hybridized carbons (Fsp3) is 0.552. The van der Waals surface area contributed by atoms with Crippen molar-refractivity contribution in [1.82, 2.24) is 10.2 Å². The van der Waals surface area contributed by atoms with Gasteiger partial charge < -0.3 is 14.8 Å². The third-order valence-corrected chi connectivity index (χ3v) is 8.14. The van der Waals surface area contributed by atoms with Crippen molar-refractivity contribution in [2.75, 3.05) is 26.2 Å². The number of alkyl carbamates (subject to hydrolysis) is 1. The largest absolute Gasteiger partial charge is 0.493 e. The van der Waals surface area contributed by atoms with Crippen LogP contribution in [-0.4, -0.2) is 43.3 Å². The molecule has 188 valence electrons. The summed E-state index contributed by atoms with van der Waals surface area (Å²) >= 11 is 0. The summed E-state index contributed by atoms with van der Waals surface area (Å²) in [6, 6.07) is 7.26. The Morgan fingerprint density at radius 1 is 1.14 bits per heavy atom. The summed E-state index contributed by atoms with van der Waals surface area (Å²) in [5, 5.41) is 3.10. The van der Waals surface area contributed by atoms with E-state index in [0.29, 0.717) is 18.1 Å². The fourth-order valence-electron chi connectivity index (χ4n) is 6.38. The molecule has 4 aliphatic rings. The molecule has 1 N–H and O–H groups in total. The highest BCUT2D eigenvalue weighted by Gasteiger charge is 2.42. The normalized spacial score (nSPS) is 26.3. The van der Waals surface area contributed by atoms with E-state index in [1.165, 1.54) is 0 Å². The SMILES string of the molecule is CCOc1c(C)cc(-c2cc3c(cc2F)[C@H](NC(=O)O[C@H]2CN4CCC2CC4)C(C)(C)C3)cc1C. The van der Waals surface area contributed by atoms with Crippen LogP contribution in [0.15, 0.2) is 24.3 Å². The van der Waals surface area contributed by atoms with Gasteiger partial charge in [-0.25, -0.2) is 9.18 Å². The van der Waals surface area contributed by atoms with Crippen molar-refractivity contribution in [2.45, 2.75) is 66.0 Å². The summed E-state index contributed by atoms with van der Waals surface area (Å²) in [6.45, 7) is 13.8. The Bertz CT molecular complexity index is 1110. The molecule has 3 saturated heterocycles. The first-order valence-electron chi connectivity index (χ1n) is 12.9. The second-order valence-electron chi connectivity index (χ2n) is 11.2. The molecule has 0 unspecified atom stereocenters. The zero-order valence-corrected chi connectivity index (χ0v) is 21.5. The van der Waals surface area contributed by atoms with Crippen molar-refractivity contribution >= 4 is 6.09 Å². The lowest BCUT2D eigenvalue weighted by molar-refractivity contribution is -0.0349. The Morgan fingerprint density at radius 2 is 1.83 bits per heavy atom. The van der Waals surface area contributed by atoms with Crippen molar-refractivity contribution in [1.29, 1.82) is 0 Å². The molecule has 3 aliphatic heterocycles. The zero-order chi connectivity index (χ0) is 24.9. The van der Waals surface area contributed by atoms with E-state index in [1.807, 2.05) is 39.0 Å². The number of hydrogen-bond acceptors (Lipinski definition) is 4. The van der Waals surface area contributed by atoms with E-state index < -0.39 is 6.09 Å². The topological polar surface area (TPSA) is 50.8 Å².